The molecule has 0 spiro atoms. The maximum Gasteiger partial charge on any atom is 0.338 e. The molecule has 3 aromatic carbocycles. The molecule has 1 atom stereocenters. The number of halogens is 1. The van der Waals surface area contributed by atoms with E-state index in [-0.39, 0.29) is 18.3 Å². The van der Waals surface area contributed by atoms with Crippen LogP contribution in [0, 0.1) is 11.3 Å². The summed E-state index contributed by atoms with van der Waals surface area (Å²) < 4.78 is 14.6. The normalized spacial score (nSPS) is 14.7. The summed E-state index contributed by atoms with van der Waals surface area (Å²) in [4.78, 5) is 33.7. The third kappa shape index (κ3) is 6.54. The number of ether oxygens (including phenoxy) is 2. The van der Waals surface area contributed by atoms with Gasteiger partial charge in [-0.25, -0.2) is 9.79 Å². The molecule has 218 valence electrons. The lowest BCUT2D eigenvalue weighted by molar-refractivity contribution is -0.143. The fourth-order valence-electron chi connectivity index (χ4n) is 4.78. The predicted molar refractivity (Wildman–Crippen MR) is 173 cm³/mol. The smallest absolute Gasteiger partial charge is 0.338 e. The van der Waals surface area contributed by atoms with Gasteiger partial charge in [0.25, 0.3) is 5.56 Å². The first-order chi connectivity index (χ1) is 20.7. The number of esters is 1. The average molecular weight is 675 g/mol. The van der Waals surface area contributed by atoms with Gasteiger partial charge in [0.15, 0.2) is 4.80 Å². The summed E-state index contributed by atoms with van der Waals surface area (Å²) in [5.74, 6) is 0.0631. The van der Waals surface area contributed by atoms with Crippen molar-refractivity contribution in [2.75, 3.05) is 6.26 Å². The highest BCUT2D eigenvalue weighted by atomic mass is 79.9. The number of thioether (sulfide) groups is 1. The van der Waals surface area contributed by atoms with Crippen LogP contribution in [0.3, 0.4) is 0 Å². The quantitative estimate of drug-likeness (QED) is 0.165. The summed E-state index contributed by atoms with van der Waals surface area (Å²) >= 11 is 6.40. The van der Waals surface area contributed by atoms with E-state index >= 15 is 0 Å². The molecule has 0 fully saturated rings. The lowest BCUT2D eigenvalue weighted by atomic mass is 9.96. The number of hydrogen-bond acceptors (Lipinski definition) is 8. The molecule has 0 N–H and O–H groups in total. The Balaban J connectivity index is 1.62. The summed E-state index contributed by atoms with van der Waals surface area (Å²) in [6, 6.07) is 22.2. The maximum absolute atomic E-state index is 14.1. The molecule has 1 aliphatic heterocycles. The van der Waals surface area contributed by atoms with Crippen molar-refractivity contribution in [2.24, 2.45) is 4.99 Å². The van der Waals surface area contributed by atoms with Gasteiger partial charge in [-0.1, -0.05) is 57.6 Å². The molecule has 7 nitrogen and oxygen atoms in total. The minimum Gasteiger partial charge on any atom is -0.488 e. The maximum atomic E-state index is 14.1. The molecule has 0 radical (unpaired) electrons. The van der Waals surface area contributed by atoms with Crippen molar-refractivity contribution < 1.29 is 14.3 Å². The van der Waals surface area contributed by atoms with Crippen LogP contribution in [-0.2, 0) is 16.1 Å². The lowest BCUT2D eigenvalue weighted by Gasteiger charge is -2.25. The summed E-state index contributed by atoms with van der Waals surface area (Å²) in [6.07, 6.45) is 3.45. The van der Waals surface area contributed by atoms with Gasteiger partial charge in [0.05, 0.1) is 39.6 Å². The third-order valence-electron chi connectivity index (χ3n) is 6.80. The van der Waals surface area contributed by atoms with E-state index in [0.29, 0.717) is 37.5 Å². The molecule has 0 saturated heterocycles. The van der Waals surface area contributed by atoms with Gasteiger partial charge in [-0.2, -0.15) is 5.26 Å². The second-order valence-electron chi connectivity index (χ2n) is 10.0. The van der Waals surface area contributed by atoms with Gasteiger partial charge in [0.1, 0.15) is 12.4 Å². The second-order valence-corrected chi connectivity index (χ2v) is 12.9. The molecule has 0 unspecified atom stereocenters. The van der Waals surface area contributed by atoms with Crippen LogP contribution in [-0.4, -0.2) is 22.9 Å². The number of rotatable bonds is 8. The first-order valence-corrected chi connectivity index (χ1v) is 16.3. The van der Waals surface area contributed by atoms with Gasteiger partial charge in [0.2, 0.25) is 0 Å². The Hall–Kier alpha value is -3.91. The van der Waals surface area contributed by atoms with Crippen LogP contribution < -0.4 is 19.6 Å². The SMILES string of the molecule is CSc1ccc([C@@H]2C(C(=O)OC(C)C)=C(C)N=c3s/c(=C\c4cc(Br)ccc4OCc4ccccc4C#N)c(=O)n32)cc1. The van der Waals surface area contributed by atoms with Gasteiger partial charge in [-0.15, -0.1) is 11.8 Å². The van der Waals surface area contributed by atoms with Crippen LogP contribution in [0.2, 0.25) is 0 Å². The molecular weight excluding hydrogens is 646 g/mol. The third-order valence-corrected chi connectivity index (χ3v) is 9.02. The molecule has 1 aromatic heterocycles. The number of allylic oxidation sites excluding steroid dienone is 1. The number of carbonyl (C=O) groups is 1. The number of thiazole rings is 1. The van der Waals surface area contributed by atoms with E-state index in [4.69, 9.17) is 9.47 Å². The van der Waals surface area contributed by atoms with E-state index in [1.54, 1.807) is 49.2 Å². The molecule has 0 saturated carbocycles. The number of hydrogen-bond donors (Lipinski definition) is 0. The molecule has 0 bridgehead atoms. The van der Waals surface area contributed by atoms with Crippen molar-refractivity contribution in [3.05, 3.63) is 124 Å². The van der Waals surface area contributed by atoms with E-state index in [9.17, 15) is 14.9 Å². The van der Waals surface area contributed by atoms with Gasteiger partial charge in [-0.05, 0) is 75.1 Å². The van der Waals surface area contributed by atoms with Crippen molar-refractivity contribution in [3.63, 3.8) is 0 Å². The summed E-state index contributed by atoms with van der Waals surface area (Å²) in [6.45, 7) is 5.56. The van der Waals surface area contributed by atoms with E-state index in [2.05, 4.69) is 27.0 Å². The summed E-state index contributed by atoms with van der Waals surface area (Å²) in [5.41, 5.74) is 3.37. The lowest BCUT2D eigenvalue weighted by Crippen LogP contribution is -2.40. The molecule has 2 heterocycles. The fourth-order valence-corrected chi connectivity index (χ4v) is 6.60. The van der Waals surface area contributed by atoms with Gasteiger partial charge >= 0.3 is 5.97 Å². The van der Waals surface area contributed by atoms with Crippen LogP contribution in [0.5, 0.6) is 5.75 Å². The largest absolute Gasteiger partial charge is 0.488 e. The Labute approximate surface area is 265 Å². The van der Waals surface area contributed by atoms with Crippen molar-refractivity contribution in [3.8, 4) is 11.8 Å². The zero-order valence-electron chi connectivity index (χ0n) is 24.0. The molecule has 10 heteroatoms. The Kier molecular flexibility index (Phi) is 9.35. The standard InChI is InChI=1S/C33H28BrN3O4S2/c1-19(2)41-32(39)29-20(3)36-33-37(30(29)21-9-12-26(42-4)13-10-21)31(38)28(43-33)16-24-15-25(34)11-14-27(24)40-18-23-8-6-5-7-22(23)17-35/h5-16,19,30H,18H2,1-4H3/b28-16-/t30-/m1/s1. The van der Waals surface area contributed by atoms with Crippen LogP contribution >= 0.6 is 39.0 Å². The number of carbonyl (C=O) groups excluding carboxylic acids is 1. The molecule has 0 amide bonds. The molecule has 1 aliphatic rings. The first-order valence-electron chi connectivity index (χ1n) is 13.5. The van der Waals surface area contributed by atoms with Crippen LogP contribution in [0.4, 0.5) is 0 Å². The van der Waals surface area contributed by atoms with Crippen molar-refractivity contribution in [2.45, 2.75) is 44.4 Å². The van der Waals surface area contributed by atoms with Crippen molar-refractivity contribution in [1.82, 2.24) is 4.57 Å². The highest BCUT2D eigenvalue weighted by molar-refractivity contribution is 9.10. The number of fused-ring (bicyclic) bond motifs is 1. The Morgan fingerprint density at radius 2 is 1.93 bits per heavy atom. The first kappa shape index (κ1) is 30.5. The molecule has 5 rings (SSSR count). The van der Waals surface area contributed by atoms with E-state index in [0.717, 1.165) is 20.5 Å². The van der Waals surface area contributed by atoms with Crippen molar-refractivity contribution in [1.29, 1.82) is 5.26 Å². The fraction of sp³-hybridized carbons (Fsp3) is 0.212. The van der Waals surface area contributed by atoms with E-state index in [1.807, 2.05) is 66.9 Å². The monoisotopic (exact) mass is 673 g/mol. The highest BCUT2D eigenvalue weighted by Gasteiger charge is 2.33. The minimum absolute atomic E-state index is 0.194. The Morgan fingerprint density at radius 3 is 2.63 bits per heavy atom. The number of nitrogens with zero attached hydrogens (tertiary/aromatic N) is 3. The van der Waals surface area contributed by atoms with E-state index < -0.39 is 12.0 Å². The summed E-state index contributed by atoms with van der Waals surface area (Å²) in [7, 11) is 0. The van der Waals surface area contributed by atoms with Crippen molar-refractivity contribution >= 4 is 51.1 Å². The van der Waals surface area contributed by atoms with Gasteiger partial charge in [0, 0.05) is 20.5 Å². The predicted octanol–water partition coefficient (Wildman–Crippen LogP) is 6.12. The van der Waals surface area contributed by atoms with Crippen LogP contribution in [0.25, 0.3) is 6.08 Å². The van der Waals surface area contributed by atoms with Crippen LogP contribution in [0.1, 0.15) is 49.1 Å². The summed E-state index contributed by atoms with van der Waals surface area (Å²) in [5, 5.41) is 9.46. The molecule has 4 aromatic rings. The molecular formula is C33H28BrN3O4S2. The van der Waals surface area contributed by atoms with E-state index in [1.165, 1.54) is 11.3 Å². The molecule has 43 heavy (non-hydrogen) atoms. The zero-order chi connectivity index (χ0) is 30.7. The Morgan fingerprint density at radius 1 is 1.19 bits per heavy atom. The van der Waals surface area contributed by atoms with Crippen LogP contribution in [0.15, 0.2) is 97.2 Å². The van der Waals surface area contributed by atoms with Gasteiger partial charge in [-0.3, -0.25) is 9.36 Å². The van der Waals surface area contributed by atoms with Gasteiger partial charge < -0.3 is 9.47 Å². The number of aromatic nitrogens is 1. The number of nitriles is 1. The Bertz CT molecular complexity index is 1950. The number of benzene rings is 3. The topological polar surface area (TPSA) is 93.7 Å². The highest BCUT2D eigenvalue weighted by Crippen LogP contribution is 2.32. The average Bonchev–Trinajstić information content (AvgIpc) is 3.29. The molecule has 0 aliphatic carbocycles. The second kappa shape index (κ2) is 13.2. The zero-order valence-corrected chi connectivity index (χ0v) is 27.2. The minimum atomic E-state index is -0.693.